The topological polar surface area (TPSA) is 67.2 Å². The first-order valence-electron chi connectivity index (χ1n) is 6.50. The Hall–Kier alpha value is -2.01. The molecule has 0 radical (unpaired) electrons. The maximum atomic E-state index is 11.6. The molecular weight excluding hydrogens is 270 g/mol. The summed E-state index contributed by atoms with van der Waals surface area (Å²) in [6.45, 7) is 2.10. The summed E-state index contributed by atoms with van der Waals surface area (Å²) in [5.74, 6) is -0.112. The van der Waals surface area contributed by atoms with Crippen molar-refractivity contribution in [2.45, 2.75) is 19.4 Å². The molecule has 1 heterocycles. The molecule has 0 bridgehead atoms. The lowest BCUT2D eigenvalue weighted by Crippen LogP contribution is -2.21. The Labute approximate surface area is 123 Å². The van der Waals surface area contributed by atoms with Gasteiger partial charge in [0.25, 0.3) is 5.91 Å². The Bertz CT molecular complexity index is 581. The molecule has 5 heteroatoms. The van der Waals surface area contributed by atoms with E-state index in [1.54, 1.807) is 36.6 Å². The highest BCUT2D eigenvalue weighted by molar-refractivity contribution is 7.09. The third kappa shape index (κ3) is 3.51. The van der Waals surface area contributed by atoms with Crippen molar-refractivity contribution in [2.24, 2.45) is 0 Å². The first kappa shape index (κ1) is 14.4. The molecule has 0 aliphatic carbocycles. The molecule has 1 atom stereocenters. The van der Waals surface area contributed by atoms with Gasteiger partial charge in [-0.15, -0.1) is 11.3 Å². The molecule has 20 heavy (non-hydrogen) atoms. The third-order valence-electron chi connectivity index (χ3n) is 3.03. The summed E-state index contributed by atoms with van der Waals surface area (Å²) in [4.78, 5) is 13.0. The quantitative estimate of drug-likeness (QED) is 0.741. The second kappa shape index (κ2) is 6.43. The predicted molar refractivity (Wildman–Crippen MR) is 85.4 cm³/mol. The highest BCUT2D eigenvalue weighted by atomic mass is 32.1. The van der Waals surface area contributed by atoms with E-state index in [1.807, 2.05) is 6.07 Å². The van der Waals surface area contributed by atoms with Crippen LogP contribution in [0.3, 0.4) is 0 Å². The van der Waals surface area contributed by atoms with Crippen LogP contribution in [0.4, 0.5) is 11.4 Å². The predicted octanol–water partition coefficient (Wildman–Crippen LogP) is 2.73. The van der Waals surface area contributed by atoms with E-state index in [0.29, 0.717) is 11.3 Å². The molecule has 0 saturated carbocycles. The van der Waals surface area contributed by atoms with Gasteiger partial charge in [0.05, 0.1) is 11.4 Å². The number of anilines is 2. The molecule has 4 N–H and O–H groups in total. The summed E-state index contributed by atoms with van der Waals surface area (Å²) in [5, 5.41) is 8.05. The smallest absolute Gasteiger partial charge is 0.251 e. The Morgan fingerprint density at radius 2 is 2.20 bits per heavy atom. The largest absolute Gasteiger partial charge is 0.397 e. The van der Waals surface area contributed by atoms with Crippen LogP contribution in [0.2, 0.25) is 0 Å². The number of nitrogens with one attached hydrogen (secondary N) is 2. The molecule has 1 amide bonds. The number of hydrogen-bond acceptors (Lipinski definition) is 4. The van der Waals surface area contributed by atoms with E-state index in [-0.39, 0.29) is 11.9 Å². The minimum absolute atomic E-state index is 0.112. The van der Waals surface area contributed by atoms with Gasteiger partial charge in [-0.05, 0) is 36.6 Å². The lowest BCUT2D eigenvalue weighted by atomic mass is 10.1. The van der Waals surface area contributed by atoms with Crippen molar-refractivity contribution in [1.29, 1.82) is 0 Å². The van der Waals surface area contributed by atoms with Crippen LogP contribution in [0, 0.1) is 0 Å². The molecular formula is C15H19N3OS. The van der Waals surface area contributed by atoms with Gasteiger partial charge in [0.1, 0.15) is 0 Å². The van der Waals surface area contributed by atoms with Crippen LogP contribution >= 0.6 is 11.3 Å². The Kier molecular flexibility index (Phi) is 4.63. The molecule has 0 aliphatic heterocycles. The zero-order valence-corrected chi connectivity index (χ0v) is 12.5. The number of nitrogens with two attached hydrogens (primary N) is 1. The summed E-state index contributed by atoms with van der Waals surface area (Å²) in [5.41, 5.74) is 8.02. The van der Waals surface area contributed by atoms with E-state index < -0.39 is 0 Å². The van der Waals surface area contributed by atoms with Crippen LogP contribution < -0.4 is 16.4 Å². The summed E-state index contributed by atoms with van der Waals surface area (Å²) >= 11 is 1.74. The minimum atomic E-state index is -0.112. The number of rotatable bonds is 5. The van der Waals surface area contributed by atoms with E-state index in [1.165, 1.54) is 4.88 Å². The van der Waals surface area contributed by atoms with Crippen molar-refractivity contribution in [3.05, 3.63) is 46.2 Å². The molecule has 2 rings (SSSR count). The van der Waals surface area contributed by atoms with Crippen LogP contribution in [-0.2, 0) is 6.42 Å². The molecule has 0 spiro atoms. The van der Waals surface area contributed by atoms with Crippen LogP contribution in [0.15, 0.2) is 35.7 Å². The van der Waals surface area contributed by atoms with Crippen LogP contribution in [0.5, 0.6) is 0 Å². The lowest BCUT2D eigenvalue weighted by molar-refractivity contribution is 0.0963. The van der Waals surface area contributed by atoms with Crippen molar-refractivity contribution in [3.8, 4) is 0 Å². The van der Waals surface area contributed by atoms with E-state index in [4.69, 9.17) is 5.73 Å². The van der Waals surface area contributed by atoms with Crippen molar-refractivity contribution in [1.82, 2.24) is 5.32 Å². The number of carbonyl (C=O) groups is 1. The maximum absolute atomic E-state index is 11.6. The minimum Gasteiger partial charge on any atom is -0.397 e. The van der Waals surface area contributed by atoms with Crippen molar-refractivity contribution >= 4 is 28.6 Å². The summed E-state index contributed by atoms with van der Waals surface area (Å²) in [6, 6.07) is 9.68. The fraction of sp³-hybridized carbons (Fsp3) is 0.267. The van der Waals surface area contributed by atoms with Crippen LogP contribution in [0.1, 0.15) is 22.2 Å². The van der Waals surface area contributed by atoms with Crippen molar-refractivity contribution in [3.63, 3.8) is 0 Å². The van der Waals surface area contributed by atoms with Gasteiger partial charge >= 0.3 is 0 Å². The van der Waals surface area contributed by atoms with Gasteiger partial charge in [-0.3, -0.25) is 4.79 Å². The highest BCUT2D eigenvalue weighted by Gasteiger charge is 2.10. The molecule has 0 fully saturated rings. The van der Waals surface area contributed by atoms with E-state index in [9.17, 15) is 4.79 Å². The molecule has 1 aromatic heterocycles. The first-order valence-corrected chi connectivity index (χ1v) is 7.38. The number of benzene rings is 1. The molecule has 1 aromatic carbocycles. The van der Waals surface area contributed by atoms with Gasteiger partial charge in [0.2, 0.25) is 0 Å². The van der Waals surface area contributed by atoms with Crippen molar-refractivity contribution < 1.29 is 4.79 Å². The second-order valence-corrected chi connectivity index (χ2v) is 5.74. The SMILES string of the molecule is CNC(=O)c1ccc(N)c(NC(C)Cc2cccs2)c1. The van der Waals surface area contributed by atoms with E-state index >= 15 is 0 Å². The lowest BCUT2D eigenvalue weighted by Gasteiger charge is -2.17. The maximum Gasteiger partial charge on any atom is 0.251 e. The molecule has 0 saturated heterocycles. The van der Waals surface area contributed by atoms with Crippen molar-refractivity contribution in [2.75, 3.05) is 18.1 Å². The number of hydrogen-bond donors (Lipinski definition) is 3. The van der Waals surface area contributed by atoms with Gasteiger partial charge < -0.3 is 16.4 Å². The van der Waals surface area contributed by atoms with E-state index in [0.717, 1.165) is 12.1 Å². The average molecular weight is 289 g/mol. The zero-order chi connectivity index (χ0) is 14.5. The zero-order valence-electron chi connectivity index (χ0n) is 11.6. The summed E-state index contributed by atoms with van der Waals surface area (Å²) < 4.78 is 0. The van der Waals surface area contributed by atoms with E-state index in [2.05, 4.69) is 29.0 Å². The summed E-state index contributed by atoms with van der Waals surface area (Å²) in [6.07, 6.45) is 0.932. The normalized spacial score (nSPS) is 11.9. The number of nitrogen functional groups attached to an aromatic ring is 1. The fourth-order valence-corrected chi connectivity index (χ4v) is 2.85. The average Bonchev–Trinajstić information content (AvgIpc) is 2.93. The van der Waals surface area contributed by atoms with Gasteiger partial charge in [-0.25, -0.2) is 0 Å². The second-order valence-electron chi connectivity index (χ2n) is 4.71. The van der Waals surface area contributed by atoms with Gasteiger partial charge in [-0.2, -0.15) is 0 Å². The molecule has 4 nitrogen and oxygen atoms in total. The highest BCUT2D eigenvalue weighted by Crippen LogP contribution is 2.22. The molecule has 2 aromatic rings. The van der Waals surface area contributed by atoms with Crippen LogP contribution in [0.25, 0.3) is 0 Å². The van der Waals surface area contributed by atoms with Crippen LogP contribution in [-0.4, -0.2) is 19.0 Å². The number of thiophene rings is 1. The van der Waals surface area contributed by atoms with Gasteiger partial charge in [0.15, 0.2) is 0 Å². The van der Waals surface area contributed by atoms with Gasteiger partial charge in [0, 0.05) is 30.0 Å². The fourth-order valence-electron chi connectivity index (χ4n) is 2.01. The number of carbonyl (C=O) groups excluding carboxylic acids is 1. The monoisotopic (exact) mass is 289 g/mol. The first-order chi connectivity index (χ1) is 9.60. The standard InChI is InChI=1S/C15H19N3OS/c1-10(8-12-4-3-7-20-12)18-14-9-11(15(19)17-2)5-6-13(14)16/h3-7,9-10,18H,8,16H2,1-2H3,(H,17,19). The molecule has 106 valence electrons. The number of amides is 1. The summed E-state index contributed by atoms with van der Waals surface area (Å²) in [7, 11) is 1.62. The third-order valence-corrected chi connectivity index (χ3v) is 3.93. The Balaban J connectivity index is 2.09. The van der Waals surface area contributed by atoms with Gasteiger partial charge in [-0.1, -0.05) is 6.07 Å². The molecule has 0 aliphatic rings. The Morgan fingerprint density at radius 3 is 2.85 bits per heavy atom. The molecule has 1 unspecified atom stereocenters. The Morgan fingerprint density at radius 1 is 1.40 bits per heavy atom.